The number of guanidine groups is 2. The minimum atomic E-state index is 0.322. The Labute approximate surface area is 259 Å². The number of hydrogen-bond acceptors (Lipinski definition) is 2. The summed E-state index contributed by atoms with van der Waals surface area (Å²) in [7, 11) is 0. The van der Waals surface area contributed by atoms with E-state index >= 15 is 0 Å². The van der Waals surface area contributed by atoms with E-state index in [1.807, 2.05) is 0 Å². The molecule has 0 bridgehead atoms. The second-order valence-electron chi connectivity index (χ2n) is 12.7. The van der Waals surface area contributed by atoms with Crippen molar-refractivity contribution in [3.05, 3.63) is 82.9 Å². The van der Waals surface area contributed by atoms with E-state index in [0.29, 0.717) is 18.0 Å². The van der Waals surface area contributed by atoms with E-state index in [4.69, 9.17) is 15.8 Å². The second kappa shape index (κ2) is 11.5. The van der Waals surface area contributed by atoms with Gasteiger partial charge in [-0.3, -0.25) is 4.90 Å². The van der Waals surface area contributed by atoms with Crippen LogP contribution in [0.4, 0.5) is 11.4 Å². The second-order valence-corrected chi connectivity index (χ2v) is 12.7. The molecule has 2 saturated carbocycles. The first kappa shape index (κ1) is 27.0. The van der Waals surface area contributed by atoms with Gasteiger partial charge in [0, 0.05) is 16.8 Å². The summed E-state index contributed by atoms with van der Waals surface area (Å²) in [6.07, 6.45) is 21.0. The molecule has 0 aliphatic heterocycles. The van der Waals surface area contributed by atoms with E-state index in [9.17, 15) is 0 Å². The molecule has 0 saturated heterocycles. The molecule has 2 fully saturated rings. The maximum atomic E-state index is 7.06. The van der Waals surface area contributed by atoms with E-state index in [1.54, 1.807) is 0 Å². The standard InChI is InChI=1S/C38H40N6/c39-37(42-43-38(40-29-11-3-1-4-12-29)41-30-13-5-2-6-14-30)44(33-23-21-27-19-17-25-9-7-15-31(33)35(25)27)34-24-22-28-20-18-26-10-8-16-32(34)36(26)28/h7-10,15-24,29-30H,1-6,11-14H2,(H2,39,42)(H2,40,41,43). The molecule has 0 unspecified atom stereocenters. The smallest absolute Gasteiger partial charge is 0.223 e. The monoisotopic (exact) mass is 580 g/mol. The summed E-state index contributed by atoms with van der Waals surface area (Å²) >= 11 is 0. The van der Waals surface area contributed by atoms with Gasteiger partial charge in [0.1, 0.15) is 0 Å². The largest absolute Gasteiger partial charge is 0.368 e. The summed E-state index contributed by atoms with van der Waals surface area (Å²) in [5, 5.41) is 13.4. The Kier molecular flexibility index (Phi) is 7.05. The van der Waals surface area contributed by atoms with Crippen molar-refractivity contribution >= 4 is 69.1 Å². The number of rotatable bonds is 5. The van der Waals surface area contributed by atoms with Gasteiger partial charge in [0.15, 0.2) is 0 Å². The van der Waals surface area contributed by atoms with Crippen LogP contribution in [0.5, 0.6) is 0 Å². The molecule has 4 aromatic rings. The minimum Gasteiger partial charge on any atom is -0.368 e. The lowest BCUT2D eigenvalue weighted by Crippen LogP contribution is -2.45. The first-order valence-corrected chi connectivity index (χ1v) is 16.4. The maximum Gasteiger partial charge on any atom is 0.223 e. The van der Waals surface area contributed by atoms with Gasteiger partial charge >= 0.3 is 0 Å². The molecule has 44 heavy (non-hydrogen) atoms. The SMILES string of the molecule is NC(=NNC(=NC1CCCCC1)NC1CCCCC1)N(c1ccc2c3c(cccc13)C=C2)c1ccc2c3c(cccc13)C=C2. The lowest BCUT2D eigenvalue weighted by molar-refractivity contribution is 0.405. The first-order valence-electron chi connectivity index (χ1n) is 16.4. The molecule has 0 amide bonds. The Hall–Kier alpha value is -4.58. The fourth-order valence-corrected chi connectivity index (χ4v) is 7.67. The van der Waals surface area contributed by atoms with Gasteiger partial charge in [-0.05, 0) is 70.8 Å². The van der Waals surface area contributed by atoms with Crippen LogP contribution in [-0.2, 0) is 0 Å². The average Bonchev–Trinajstić information content (AvgIpc) is 3.69. The van der Waals surface area contributed by atoms with Crippen LogP contribution in [0.25, 0.3) is 45.8 Å². The van der Waals surface area contributed by atoms with Gasteiger partial charge < -0.3 is 11.1 Å². The van der Waals surface area contributed by atoms with E-state index in [1.165, 1.54) is 84.4 Å². The van der Waals surface area contributed by atoms with E-state index in [0.717, 1.165) is 40.9 Å². The summed E-state index contributed by atoms with van der Waals surface area (Å²) in [4.78, 5) is 7.29. The van der Waals surface area contributed by atoms with E-state index in [2.05, 4.69) is 101 Å². The third-order valence-corrected chi connectivity index (χ3v) is 9.87. The Morgan fingerprint density at radius 1 is 0.636 bits per heavy atom. The van der Waals surface area contributed by atoms with Crippen LogP contribution in [-0.4, -0.2) is 24.0 Å². The Morgan fingerprint density at radius 2 is 1.16 bits per heavy atom. The van der Waals surface area contributed by atoms with Crippen molar-refractivity contribution in [2.24, 2.45) is 15.8 Å². The highest BCUT2D eigenvalue weighted by Crippen LogP contribution is 2.43. The third-order valence-electron chi connectivity index (χ3n) is 9.87. The Bertz CT molecular complexity index is 1730. The van der Waals surface area contributed by atoms with Crippen molar-refractivity contribution in [2.75, 3.05) is 4.90 Å². The molecule has 6 heteroatoms. The van der Waals surface area contributed by atoms with Gasteiger partial charge in [-0.25, -0.2) is 10.4 Å². The molecule has 8 rings (SSSR count). The summed E-state index contributed by atoms with van der Waals surface area (Å²) in [5.41, 5.74) is 17.3. The van der Waals surface area contributed by atoms with Crippen LogP contribution in [0.1, 0.15) is 86.5 Å². The number of hydrazone groups is 1. The normalized spacial score (nSPS) is 18.5. The molecule has 0 atom stereocenters. The van der Waals surface area contributed by atoms with Crippen LogP contribution >= 0.6 is 0 Å². The highest BCUT2D eigenvalue weighted by atomic mass is 15.4. The fourth-order valence-electron chi connectivity index (χ4n) is 7.67. The molecule has 222 valence electrons. The minimum absolute atomic E-state index is 0.322. The van der Waals surface area contributed by atoms with Crippen LogP contribution in [0, 0.1) is 0 Å². The first-order chi connectivity index (χ1) is 21.7. The molecule has 4 aliphatic rings. The van der Waals surface area contributed by atoms with Crippen molar-refractivity contribution in [3.63, 3.8) is 0 Å². The number of anilines is 2. The highest BCUT2D eigenvalue weighted by molar-refractivity contribution is 6.19. The van der Waals surface area contributed by atoms with E-state index < -0.39 is 0 Å². The summed E-state index contributed by atoms with van der Waals surface area (Å²) in [6.45, 7) is 0. The predicted molar refractivity (Wildman–Crippen MR) is 187 cm³/mol. The quantitative estimate of drug-likeness (QED) is 0.108. The zero-order valence-corrected chi connectivity index (χ0v) is 25.2. The molecule has 4 aromatic carbocycles. The van der Waals surface area contributed by atoms with Gasteiger partial charge in [-0.15, -0.1) is 5.10 Å². The molecule has 0 radical (unpaired) electrons. The van der Waals surface area contributed by atoms with E-state index in [-0.39, 0.29) is 0 Å². The van der Waals surface area contributed by atoms with Gasteiger partial charge in [0.2, 0.25) is 11.9 Å². The Morgan fingerprint density at radius 3 is 1.73 bits per heavy atom. The van der Waals surface area contributed by atoms with Crippen molar-refractivity contribution in [3.8, 4) is 0 Å². The molecule has 0 spiro atoms. The fraction of sp³-hybridized carbons (Fsp3) is 0.316. The number of nitrogens with one attached hydrogen (secondary N) is 2. The van der Waals surface area contributed by atoms with Crippen LogP contribution < -0.4 is 21.4 Å². The van der Waals surface area contributed by atoms with Crippen molar-refractivity contribution in [2.45, 2.75) is 76.3 Å². The lowest BCUT2D eigenvalue weighted by atomic mass is 9.95. The highest BCUT2D eigenvalue weighted by Gasteiger charge is 2.24. The Balaban J connectivity index is 1.23. The molecule has 6 nitrogen and oxygen atoms in total. The summed E-state index contributed by atoms with van der Waals surface area (Å²) < 4.78 is 0. The number of nitrogens with two attached hydrogens (primary N) is 1. The van der Waals surface area contributed by atoms with Crippen molar-refractivity contribution < 1.29 is 0 Å². The summed E-state index contributed by atoms with van der Waals surface area (Å²) in [5.74, 6) is 1.13. The number of aliphatic imine (C=N–C) groups is 1. The average molecular weight is 581 g/mol. The topological polar surface area (TPSA) is 78.0 Å². The number of nitrogens with zero attached hydrogens (tertiary/aromatic N) is 3. The zero-order valence-electron chi connectivity index (χ0n) is 25.2. The zero-order chi connectivity index (χ0) is 29.5. The van der Waals surface area contributed by atoms with Gasteiger partial charge in [-0.1, -0.05) is 111 Å². The van der Waals surface area contributed by atoms with Gasteiger partial charge in [-0.2, -0.15) is 0 Å². The number of benzene rings is 4. The predicted octanol–water partition coefficient (Wildman–Crippen LogP) is 8.53. The van der Waals surface area contributed by atoms with Gasteiger partial charge in [0.25, 0.3) is 0 Å². The van der Waals surface area contributed by atoms with Crippen molar-refractivity contribution in [1.82, 2.24) is 10.7 Å². The molecule has 0 aromatic heterocycles. The molecule has 4 aliphatic carbocycles. The van der Waals surface area contributed by atoms with Crippen LogP contribution in [0.15, 0.2) is 70.8 Å². The molecule has 4 N–H and O–H groups in total. The van der Waals surface area contributed by atoms with Gasteiger partial charge in [0.05, 0.1) is 17.4 Å². The maximum absolute atomic E-state index is 7.06. The molecular formula is C38H40N6. The number of hydrogen-bond donors (Lipinski definition) is 3. The molecule has 0 heterocycles. The summed E-state index contributed by atoms with van der Waals surface area (Å²) in [6, 6.07) is 22.5. The van der Waals surface area contributed by atoms with Crippen LogP contribution in [0.2, 0.25) is 0 Å². The van der Waals surface area contributed by atoms with Crippen LogP contribution in [0.3, 0.4) is 0 Å². The van der Waals surface area contributed by atoms with Crippen molar-refractivity contribution in [1.29, 1.82) is 0 Å². The third kappa shape index (κ3) is 4.92. The molecular weight excluding hydrogens is 540 g/mol. The lowest BCUT2D eigenvalue weighted by Gasteiger charge is -2.28.